The van der Waals surface area contributed by atoms with E-state index >= 15 is 0 Å². The molecule has 1 aliphatic heterocycles. The molecule has 0 unspecified atom stereocenters. The number of nitrogens with one attached hydrogen (secondary N) is 1. The van der Waals surface area contributed by atoms with E-state index in [1.807, 2.05) is 0 Å². The Morgan fingerprint density at radius 1 is 1.06 bits per heavy atom. The number of benzene rings is 2. The molecule has 2 aromatic carbocycles. The van der Waals surface area contributed by atoms with Gasteiger partial charge in [-0.3, -0.25) is 4.79 Å². The number of carboxylic acids is 1. The van der Waals surface area contributed by atoms with E-state index in [4.69, 9.17) is 25.8 Å². The monoisotopic (exact) mass is 456 g/mol. The number of nitrogens with zero attached hydrogens (tertiary/aromatic N) is 1. The van der Waals surface area contributed by atoms with E-state index in [0.717, 1.165) is 0 Å². The van der Waals surface area contributed by atoms with Gasteiger partial charge in [0, 0.05) is 34.8 Å². The van der Waals surface area contributed by atoms with Gasteiger partial charge >= 0.3 is 5.97 Å². The van der Waals surface area contributed by atoms with Crippen LogP contribution in [0.1, 0.15) is 34.0 Å². The van der Waals surface area contributed by atoms with E-state index in [9.17, 15) is 14.7 Å². The normalized spacial score (nSPS) is 15.0. The van der Waals surface area contributed by atoms with Crippen molar-refractivity contribution in [1.82, 2.24) is 4.57 Å². The minimum absolute atomic E-state index is 0.00700. The van der Waals surface area contributed by atoms with Gasteiger partial charge in [0.15, 0.2) is 11.5 Å². The highest BCUT2D eigenvalue weighted by molar-refractivity contribution is 6.30. The van der Waals surface area contributed by atoms with Crippen LogP contribution in [0, 0.1) is 0 Å². The zero-order chi connectivity index (χ0) is 23.0. The largest absolute Gasteiger partial charge is 0.493 e. The summed E-state index contributed by atoms with van der Waals surface area (Å²) in [6, 6.07) is 10.5. The molecule has 1 aromatic heterocycles. The second-order valence-corrected chi connectivity index (χ2v) is 7.62. The summed E-state index contributed by atoms with van der Waals surface area (Å²) >= 11 is 6.04. The van der Waals surface area contributed by atoms with Crippen molar-refractivity contribution in [2.24, 2.45) is 0 Å². The smallest absolute Gasteiger partial charge is 0.339 e. The number of halogens is 1. The lowest BCUT2D eigenvalue weighted by molar-refractivity contribution is -0.116. The third kappa shape index (κ3) is 3.52. The van der Waals surface area contributed by atoms with Crippen LogP contribution >= 0.6 is 11.6 Å². The van der Waals surface area contributed by atoms with Crippen molar-refractivity contribution in [3.8, 4) is 22.9 Å². The number of anilines is 1. The molecule has 0 spiro atoms. The van der Waals surface area contributed by atoms with Gasteiger partial charge in [-0.1, -0.05) is 17.7 Å². The van der Waals surface area contributed by atoms with Gasteiger partial charge in [-0.15, -0.1) is 0 Å². The van der Waals surface area contributed by atoms with E-state index in [1.165, 1.54) is 27.5 Å². The molecule has 2 N–H and O–H groups in total. The SMILES string of the molecule is COc1ccc([C@H]2CC(=O)Nc3c(C(=O)O)cn(-c4ccc(Cl)cc4)c32)c(OC)c1OC. The Hall–Kier alpha value is -3.65. The van der Waals surface area contributed by atoms with Gasteiger partial charge in [-0.2, -0.15) is 0 Å². The van der Waals surface area contributed by atoms with Crippen LogP contribution in [0.4, 0.5) is 5.69 Å². The number of amides is 1. The molecular formula is C23H21ClN2O6. The zero-order valence-electron chi connectivity index (χ0n) is 17.6. The Morgan fingerprint density at radius 3 is 2.34 bits per heavy atom. The number of hydrogen-bond donors (Lipinski definition) is 2. The molecule has 9 heteroatoms. The van der Waals surface area contributed by atoms with Crippen molar-refractivity contribution in [2.75, 3.05) is 26.6 Å². The highest BCUT2D eigenvalue weighted by Gasteiger charge is 2.36. The fraction of sp³-hybridized carbons (Fsp3) is 0.217. The highest BCUT2D eigenvalue weighted by Crippen LogP contribution is 2.49. The molecule has 8 nitrogen and oxygen atoms in total. The quantitative estimate of drug-likeness (QED) is 0.572. The Kier molecular flexibility index (Phi) is 5.71. The average molecular weight is 457 g/mol. The molecule has 0 radical (unpaired) electrons. The van der Waals surface area contributed by atoms with Crippen molar-refractivity contribution in [2.45, 2.75) is 12.3 Å². The Labute approximate surface area is 189 Å². The highest BCUT2D eigenvalue weighted by atomic mass is 35.5. The Bertz CT molecular complexity index is 1200. The van der Waals surface area contributed by atoms with Gasteiger partial charge < -0.3 is 29.2 Å². The van der Waals surface area contributed by atoms with E-state index in [1.54, 1.807) is 41.0 Å². The Morgan fingerprint density at radius 2 is 1.75 bits per heavy atom. The summed E-state index contributed by atoms with van der Waals surface area (Å²) in [4.78, 5) is 24.6. The molecule has 0 saturated heterocycles. The van der Waals surface area contributed by atoms with E-state index in [-0.39, 0.29) is 23.6 Å². The number of carbonyl (C=O) groups excluding carboxylic acids is 1. The molecule has 1 amide bonds. The van der Waals surface area contributed by atoms with Crippen molar-refractivity contribution >= 4 is 29.2 Å². The summed E-state index contributed by atoms with van der Waals surface area (Å²) in [6.45, 7) is 0. The number of carboxylic acid groups (broad SMARTS) is 1. The maximum absolute atomic E-state index is 12.6. The first-order valence-electron chi connectivity index (χ1n) is 9.72. The number of rotatable bonds is 6. The molecule has 3 aromatic rings. The first kappa shape index (κ1) is 21.6. The number of aromatic nitrogens is 1. The molecule has 1 atom stereocenters. The zero-order valence-corrected chi connectivity index (χ0v) is 18.4. The minimum Gasteiger partial charge on any atom is -0.493 e. The average Bonchev–Trinajstić information content (AvgIpc) is 3.17. The minimum atomic E-state index is -1.14. The number of fused-ring (bicyclic) bond motifs is 1. The number of methoxy groups -OCH3 is 3. The van der Waals surface area contributed by atoms with Crippen molar-refractivity contribution in [3.63, 3.8) is 0 Å². The molecule has 0 bridgehead atoms. The molecule has 166 valence electrons. The fourth-order valence-electron chi connectivity index (χ4n) is 4.10. The van der Waals surface area contributed by atoms with Gasteiger partial charge in [0.25, 0.3) is 0 Å². The van der Waals surface area contributed by atoms with Gasteiger partial charge in [-0.05, 0) is 30.3 Å². The van der Waals surface area contributed by atoms with Gasteiger partial charge in [0.1, 0.15) is 5.56 Å². The van der Waals surface area contributed by atoms with E-state index in [2.05, 4.69) is 5.32 Å². The fourth-order valence-corrected chi connectivity index (χ4v) is 4.23. The first-order valence-corrected chi connectivity index (χ1v) is 10.1. The maximum atomic E-state index is 12.6. The topological polar surface area (TPSA) is 99.0 Å². The van der Waals surface area contributed by atoms with Crippen molar-refractivity contribution in [1.29, 1.82) is 0 Å². The first-order chi connectivity index (χ1) is 15.4. The number of hydrogen-bond acceptors (Lipinski definition) is 5. The third-order valence-corrected chi connectivity index (χ3v) is 5.72. The van der Waals surface area contributed by atoms with Crippen molar-refractivity contribution < 1.29 is 28.9 Å². The Balaban J connectivity index is 2.00. The lowest BCUT2D eigenvalue weighted by atomic mass is 9.87. The molecular weight excluding hydrogens is 436 g/mol. The predicted molar refractivity (Wildman–Crippen MR) is 119 cm³/mol. The van der Waals surface area contributed by atoms with Crippen LogP contribution in [0.15, 0.2) is 42.6 Å². The number of ether oxygens (including phenoxy) is 3. The van der Waals surface area contributed by atoms with Crippen LogP contribution in [0.25, 0.3) is 5.69 Å². The van der Waals surface area contributed by atoms with Crippen LogP contribution in [0.3, 0.4) is 0 Å². The summed E-state index contributed by atoms with van der Waals surface area (Å²) in [7, 11) is 4.53. The number of aromatic carboxylic acids is 1. The van der Waals surface area contributed by atoms with Crippen LogP contribution in [0.2, 0.25) is 5.02 Å². The van der Waals surface area contributed by atoms with Crippen LogP contribution in [0.5, 0.6) is 17.2 Å². The summed E-state index contributed by atoms with van der Waals surface area (Å²) in [5.74, 6) is -0.656. The number of carbonyl (C=O) groups is 2. The lowest BCUT2D eigenvalue weighted by Crippen LogP contribution is -2.26. The molecule has 4 rings (SSSR count). The van der Waals surface area contributed by atoms with Gasteiger partial charge in [0.05, 0.1) is 32.7 Å². The summed E-state index contributed by atoms with van der Waals surface area (Å²) in [5, 5.41) is 13.1. The maximum Gasteiger partial charge on any atom is 0.339 e. The van der Waals surface area contributed by atoms with Crippen LogP contribution in [-0.4, -0.2) is 42.9 Å². The molecule has 2 heterocycles. The summed E-state index contributed by atoms with van der Waals surface area (Å²) in [5.41, 5.74) is 2.25. The molecule has 0 saturated carbocycles. The van der Waals surface area contributed by atoms with Gasteiger partial charge in [-0.25, -0.2) is 4.79 Å². The van der Waals surface area contributed by atoms with Crippen LogP contribution < -0.4 is 19.5 Å². The second-order valence-electron chi connectivity index (χ2n) is 7.18. The molecule has 0 aliphatic carbocycles. The molecule has 1 aliphatic rings. The van der Waals surface area contributed by atoms with Crippen LogP contribution in [-0.2, 0) is 4.79 Å². The third-order valence-electron chi connectivity index (χ3n) is 5.47. The summed E-state index contributed by atoms with van der Waals surface area (Å²) < 4.78 is 18.3. The summed E-state index contributed by atoms with van der Waals surface area (Å²) in [6.07, 6.45) is 1.59. The second kappa shape index (κ2) is 8.47. The molecule has 32 heavy (non-hydrogen) atoms. The van der Waals surface area contributed by atoms with E-state index < -0.39 is 11.9 Å². The standard InChI is InChI=1S/C23H21ClN2O6/c1-30-17-9-8-14(21(31-2)22(17)32-3)15-10-18(27)25-19-16(23(28)29)11-26(20(15)19)13-6-4-12(24)5-7-13/h4-9,11,15H,10H2,1-3H3,(H,25,27)(H,28,29)/t15-/m1/s1. The lowest BCUT2D eigenvalue weighted by Gasteiger charge is -2.28. The predicted octanol–water partition coefficient (Wildman–Crippen LogP) is 4.33. The molecule has 0 fully saturated rings. The van der Waals surface area contributed by atoms with Gasteiger partial charge in [0.2, 0.25) is 11.7 Å². The van der Waals surface area contributed by atoms with Crippen molar-refractivity contribution in [3.05, 3.63) is 64.4 Å². The van der Waals surface area contributed by atoms with E-state index in [0.29, 0.717) is 39.2 Å².